The summed E-state index contributed by atoms with van der Waals surface area (Å²) in [4.78, 5) is 2.40. The summed E-state index contributed by atoms with van der Waals surface area (Å²) in [6, 6.07) is 88.9. The molecule has 11 aromatic rings. The summed E-state index contributed by atoms with van der Waals surface area (Å²) in [5, 5.41) is 7.31. The van der Waals surface area contributed by atoms with Crippen molar-refractivity contribution in [2.75, 3.05) is 4.90 Å². The molecule has 0 fully saturated rings. The molecular weight excluding hydrogens is 785 g/mol. The van der Waals surface area contributed by atoms with Crippen molar-refractivity contribution in [1.29, 1.82) is 0 Å². The van der Waals surface area contributed by atoms with Crippen LogP contribution in [0.1, 0.15) is 25.0 Å². The number of nitrogens with zero attached hydrogens (tertiary/aromatic N) is 2. The molecule has 308 valence electrons. The van der Waals surface area contributed by atoms with Crippen LogP contribution >= 0.6 is 0 Å². The minimum Gasteiger partial charge on any atom is -0.310 e. The molecule has 0 saturated carbocycles. The molecule has 1 aromatic heterocycles. The zero-order valence-electron chi connectivity index (χ0n) is 36.5. The van der Waals surface area contributed by atoms with Crippen molar-refractivity contribution < 1.29 is 0 Å². The van der Waals surface area contributed by atoms with Crippen molar-refractivity contribution >= 4 is 60.4 Å². The van der Waals surface area contributed by atoms with E-state index < -0.39 is 0 Å². The summed E-state index contributed by atoms with van der Waals surface area (Å²) in [6.07, 6.45) is 0. The van der Waals surface area contributed by atoms with Crippen LogP contribution in [0.15, 0.2) is 243 Å². The predicted molar refractivity (Wildman–Crippen MR) is 277 cm³/mol. The maximum Gasteiger partial charge on any atom is 0.0540 e. The maximum atomic E-state index is 2.44. The average molecular weight is 831 g/mol. The number of aromatic nitrogens is 1. The number of anilines is 3. The number of hydrogen-bond donors (Lipinski definition) is 0. The Morgan fingerprint density at radius 3 is 1.23 bits per heavy atom. The standard InChI is InChI=1S/C63H46N2/c1-63(2)59-25-13-10-22-55(59)56-41-40-50(42-60(56)63)64(47-34-28-44(29-35-47)43-16-4-3-5-17-43)48-36-30-45(31-37-48)46-32-38-49(39-33-46)65-61-26-14-11-23-57(61)53-20-8-6-18-51(53)52-19-7-9-21-54(52)58-24-12-15-27-62(58)65/h3-42H,1-2H3. The van der Waals surface area contributed by atoms with Crippen molar-refractivity contribution in [3.8, 4) is 39.1 Å². The molecule has 0 spiro atoms. The molecule has 0 N–H and O–H groups in total. The second-order valence-electron chi connectivity index (χ2n) is 17.7. The minimum absolute atomic E-state index is 0.105. The van der Waals surface area contributed by atoms with Gasteiger partial charge in [0.1, 0.15) is 0 Å². The molecule has 12 rings (SSSR count). The molecule has 1 aliphatic rings. The lowest BCUT2D eigenvalue weighted by atomic mass is 9.82. The molecule has 2 nitrogen and oxygen atoms in total. The quantitative estimate of drug-likeness (QED) is 0.162. The van der Waals surface area contributed by atoms with Gasteiger partial charge in [0.15, 0.2) is 0 Å². The molecule has 0 bridgehead atoms. The van der Waals surface area contributed by atoms with Crippen molar-refractivity contribution in [2.45, 2.75) is 19.3 Å². The monoisotopic (exact) mass is 830 g/mol. The van der Waals surface area contributed by atoms with E-state index >= 15 is 0 Å². The summed E-state index contributed by atoms with van der Waals surface area (Å²) >= 11 is 0. The molecule has 65 heavy (non-hydrogen) atoms. The lowest BCUT2D eigenvalue weighted by Gasteiger charge is -2.28. The average Bonchev–Trinajstić information content (AvgIpc) is 3.62. The van der Waals surface area contributed by atoms with E-state index in [0.717, 1.165) is 39.3 Å². The van der Waals surface area contributed by atoms with Gasteiger partial charge in [-0.05, 0) is 127 Å². The molecule has 0 radical (unpaired) electrons. The van der Waals surface area contributed by atoms with Gasteiger partial charge >= 0.3 is 0 Å². The van der Waals surface area contributed by atoms with E-state index in [9.17, 15) is 0 Å². The van der Waals surface area contributed by atoms with Crippen molar-refractivity contribution in [2.24, 2.45) is 0 Å². The Morgan fingerprint density at radius 1 is 0.308 bits per heavy atom. The van der Waals surface area contributed by atoms with Gasteiger partial charge in [-0.25, -0.2) is 0 Å². The summed E-state index contributed by atoms with van der Waals surface area (Å²) in [5.74, 6) is 0. The van der Waals surface area contributed by atoms with E-state index in [2.05, 4.69) is 266 Å². The van der Waals surface area contributed by atoms with Crippen LogP contribution in [0.25, 0.3) is 82.4 Å². The molecule has 0 aliphatic heterocycles. The summed E-state index contributed by atoms with van der Waals surface area (Å²) in [5.41, 5.74) is 16.8. The zero-order chi connectivity index (χ0) is 43.5. The van der Waals surface area contributed by atoms with E-state index in [4.69, 9.17) is 0 Å². The van der Waals surface area contributed by atoms with Gasteiger partial charge in [-0.3, -0.25) is 0 Å². The second kappa shape index (κ2) is 15.6. The highest BCUT2D eigenvalue weighted by Gasteiger charge is 2.35. The van der Waals surface area contributed by atoms with Gasteiger partial charge in [0.2, 0.25) is 0 Å². The highest BCUT2D eigenvalue weighted by Crippen LogP contribution is 2.51. The molecular formula is C63H46N2. The van der Waals surface area contributed by atoms with E-state index in [1.165, 1.54) is 71.3 Å². The first-order chi connectivity index (χ1) is 32.0. The lowest BCUT2D eigenvalue weighted by Crippen LogP contribution is -2.16. The minimum atomic E-state index is -0.105. The summed E-state index contributed by atoms with van der Waals surface area (Å²) < 4.78 is 2.44. The van der Waals surface area contributed by atoms with Crippen LogP contribution in [-0.2, 0) is 5.41 Å². The Labute approximate surface area is 380 Å². The number of hydrogen-bond acceptors (Lipinski definition) is 1. The third kappa shape index (κ3) is 6.49. The van der Waals surface area contributed by atoms with Crippen LogP contribution in [-0.4, -0.2) is 4.57 Å². The van der Waals surface area contributed by atoms with Gasteiger partial charge < -0.3 is 9.47 Å². The van der Waals surface area contributed by atoms with Gasteiger partial charge in [0.25, 0.3) is 0 Å². The molecule has 1 heterocycles. The van der Waals surface area contributed by atoms with Crippen molar-refractivity contribution in [3.63, 3.8) is 0 Å². The molecule has 0 atom stereocenters. The van der Waals surface area contributed by atoms with Crippen molar-refractivity contribution in [1.82, 2.24) is 4.57 Å². The highest BCUT2D eigenvalue weighted by atomic mass is 15.1. The van der Waals surface area contributed by atoms with E-state index in [1.54, 1.807) is 0 Å². The number of para-hydroxylation sites is 2. The molecule has 0 saturated heterocycles. The normalized spacial score (nSPS) is 12.6. The van der Waals surface area contributed by atoms with Crippen LogP contribution in [0.2, 0.25) is 0 Å². The first-order valence-corrected chi connectivity index (χ1v) is 22.6. The van der Waals surface area contributed by atoms with Gasteiger partial charge in [0, 0.05) is 38.9 Å². The molecule has 2 heteroatoms. The van der Waals surface area contributed by atoms with Crippen LogP contribution in [0, 0.1) is 0 Å². The topological polar surface area (TPSA) is 8.17 Å². The number of benzene rings is 10. The maximum absolute atomic E-state index is 2.44. The van der Waals surface area contributed by atoms with Gasteiger partial charge in [0.05, 0.1) is 11.0 Å². The summed E-state index contributed by atoms with van der Waals surface area (Å²) in [6.45, 7) is 4.71. The Morgan fingerprint density at radius 2 is 0.692 bits per heavy atom. The fraction of sp³-hybridized carbons (Fsp3) is 0.0476. The van der Waals surface area contributed by atoms with Crippen LogP contribution < -0.4 is 4.90 Å². The SMILES string of the molecule is CC1(C)c2ccccc2-c2ccc(N(c3ccc(-c4ccccc4)cc3)c3ccc(-c4ccc(-n5c6ccccc6c6ccccc6c6ccccc6c6ccccc65)cc4)cc3)cc21. The van der Waals surface area contributed by atoms with E-state index in [1.807, 2.05) is 0 Å². The van der Waals surface area contributed by atoms with E-state index in [-0.39, 0.29) is 5.41 Å². The predicted octanol–water partition coefficient (Wildman–Crippen LogP) is 17.3. The third-order valence-corrected chi connectivity index (χ3v) is 13.7. The Bertz CT molecular complexity index is 3550. The van der Waals surface area contributed by atoms with Crippen LogP contribution in [0.4, 0.5) is 17.1 Å². The van der Waals surface area contributed by atoms with Gasteiger partial charge in [-0.1, -0.05) is 196 Å². The lowest BCUT2D eigenvalue weighted by molar-refractivity contribution is 0.660. The molecule has 10 aromatic carbocycles. The smallest absolute Gasteiger partial charge is 0.0540 e. The molecule has 0 amide bonds. The first-order valence-electron chi connectivity index (χ1n) is 22.6. The zero-order valence-corrected chi connectivity index (χ0v) is 36.5. The number of fused-ring (bicyclic) bond motifs is 10. The Kier molecular flexibility index (Phi) is 9.21. The summed E-state index contributed by atoms with van der Waals surface area (Å²) in [7, 11) is 0. The fourth-order valence-electron chi connectivity index (χ4n) is 10.4. The van der Waals surface area contributed by atoms with Crippen LogP contribution in [0.3, 0.4) is 0 Å². The molecule has 1 aliphatic carbocycles. The molecule has 0 unspecified atom stereocenters. The second-order valence-corrected chi connectivity index (χ2v) is 17.7. The third-order valence-electron chi connectivity index (χ3n) is 13.7. The Hall–Kier alpha value is -8.20. The van der Waals surface area contributed by atoms with Gasteiger partial charge in [-0.15, -0.1) is 0 Å². The fourth-order valence-corrected chi connectivity index (χ4v) is 10.4. The van der Waals surface area contributed by atoms with E-state index in [0.29, 0.717) is 0 Å². The largest absolute Gasteiger partial charge is 0.310 e. The Balaban J connectivity index is 0.967. The highest BCUT2D eigenvalue weighted by molar-refractivity contribution is 6.19. The first kappa shape index (κ1) is 38.5. The van der Waals surface area contributed by atoms with Gasteiger partial charge in [-0.2, -0.15) is 0 Å². The number of rotatable bonds is 6. The van der Waals surface area contributed by atoms with Crippen LogP contribution in [0.5, 0.6) is 0 Å². The van der Waals surface area contributed by atoms with Crippen molar-refractivity contribution in [3.05, 3.63) is 254 Å².